The van der Waals surface area contributed by atoms with Crippen molar-refractivity contribution in [2.75, 3.05) is 11.9 Å². The highest BCUT2D eigenvalue weighted by Gasteiger charge is 2.19. The molecule has 0 fully saturated rings. The van der Waals surface area contributed by atoms with Crippen LogP contribution in [0.5, 0.6) is 0 Å². The Morgan fingerprint density at radius 1 is 1.25 bits per heavy atom. The molecule has 0 bridgehead atoms. The van der Waals surface area contributed by atoms with E-state index in [2.05, 4.69) is 35.8 Å². The highest BCUT2D eigenvalue weighted by molar-refractivity contribution is 5.91. The molecule has 3 rings (SSSR count). The third kappa shape index (κ3) is 4.64. The van der Waals surface area contributed by atoms with Crippen molar-refractivity contribution in [2.45, 2.75) is 26.3 Å². The number of anilines is 1. The maximum atomic E-state index is 14.3. The second-order valence-electron chi connectivity index (χ2n) is 6.16. The summed E-state index contributed by atoms with van der Waals surface area (Å²) in [6, 6.07) is 3.73. The predicted molar refractivity (Wildman–Crippen MR) is 97.6 cm³/mol. The Balaban J connectivity index is 1.70. The van der Waals surface area contributed by atoms with Crippen molar-refractivity contribution in [2.24, 2.45) is 0 Å². The first-order chi connectivity index (χ1) is 13.4. The van der Waals surface area contributed by atoms with Crippen molar-refractivity contribution in [3.8, 4) is 0 Å². The fourth-order valence-electron chi connectivity index (χ4n) is 2.52. The van der Waals surface area contributed by atoms with Gasteiger partial charge in [0.2, 0.25) is 11.8 Å². The smallest absolute Gasteiger partial charge is 0.289 e. The van der Waals surface area contributed by atoms with E-state index in [1.54, 1.807) is 25.4 Å². The zero-order valence-corrected chi connectivity index (χ0v) is 15.3. The summed E-state index contributed by atoms with van der Waals surface area (Å²) in [5.41, 5.74) is 1.35. The SMILES string of the molecule is Cc1nc(C(=O)NC(C)c2cccc(F)n2)nc(NCCc2cn[nH]c2)c1F. The van der Waals surface area contributed by atoms with E-state index in [1.165, 1.54) is 19.1 Å². The first-order valence-corrected chi connectivity index (χ1v) is 8.63. The number of aromatic nitrogens is 5. The van der Waals surface area contributed by atoms with E-state index in [1.807, 2.05) is 0 Å². The van der Waals surface area contributed by atoms with Crippen LogP contribution in [0.1, 0.15) is 40.5 Å². The number of hydrogen-bond acceptors (Lipinski definition) is 6. The molecule has 1 atom stereocenters. The maximum absolute atomic E-state index is 14.3. The summed E-state index contributed by atoms with van der Waals surface area (Å²) in [4.78, 5) is 24.1. The molecule has 1 amide bonds. The lowest BCUT2D eigenvalue weighted by atomic mass is 10.2. The van der Waals surface area contributed by atoms with Crippen LogP contribution in [0.2, 0.25) is 0 Å². The van der Waals surface area contributed by atoms with Crippen molar-refractivity contribution < 1.29 is 13.6 Å². The summed E-state index contributed by atoms with van der Waals surface area (Å²) >= 11 is 0. The van der Waals surface area contributed by atoms with E-state index in [4.69, 9.17) is 0 Å². The zero-order valence-electron chi connectivity index (χ0n) is 15.3. The molecule has 0 saturated heterocycles. The topological polar surface area (TPSA) is 108 Å². The molecule has 1 unspecified atom stereocenters. The molecule has 0 radical (unpaired) electrons. The number of nitrogens with zero attached hydrogens (tertiary/aromatic N) is 4. The largest absolute Gasteiger partial charge is 0.367 e. The summed E-state index contributed by atoms with van der Waals surface area (Å²) in [6.45, 7) is 3.50. The lowest BCUT2D eigenvalue weighted by molar-refractivity contribution is 0.0928. The van der Waals surface area contributed by atoms with Gasteiger partial charge in [-0.3, -0.25) is 9.89 Å². The van der Waals surface area contributed by atoms with Gasteiger partial charge in [0, 0.05) is 12.7 Å². The van der Waals surface area contributed by atoms with Gasteiger partial charge in [0.25, 0.3) is 5.91 Å². The average Bonchev–Trinajstić information content (AvgIpc) is 3.18. The molecule has 0 aliphatic rings. The van der Waals surface area contributed by atoms with E-state index in [0.717, 1.165) is 5.56 Å². The molecule has 3 aromatic rings. The Morgan fingerprint density at radius 3 is 2.79 bits per heavy atom. The van der Waals surface area contributed by atoms with Crippen molar-refractivity contribution in [3.05, 3.63) is 65.1 Å². The number of carbonyl (C=O) groups is 1. The summed E-state index contributed by atoms with van der Waals surface area (Å²) in [5, 5.41) is 12.0. The van der Waals surface area contributed by atoms with Crippen LogP contribution in [-0.4, -0.2) is 37.6 Å². The fourth-order valence-corrected chi connectivity index (χ4v) is 2.52. The van der Waals surface area contributed by atoms with Crippen LogP contribution < -0.4 is 10.6 Å². The van der Waals surface area contributed by atoms with E-state index in [0.29, 0.717) is 18.7 Å². The van der Waals surface area contributed by atoms with Crippen molar-refractivity contribution >= 4 is 11.7 Å². The standard InChI is InChI=1S/C18H19F2N7O/c1-10(13-4-3-5-14(19)26-13)25-18(28)17-24-11(2)15(20)16(27-17)21-7-6-12-8-22-23-9-12/h3-5,8-10H,6-7H2,1-2H3,(H,22,23)(H,25,28)(H,21,24,27). The number of amides is 1. The van der Waals surface area contributed by atoms with E-state index < -0.39 is 23.7 Å². The molecular weight excluding hydrogens is 368 g/mol. The minimum atomic E-state index is -0.642. The molecule has 0 saturated carbocycles. The number of aromatic amines is 1. The average molecular weight is 387 g/mol. The zero-order chi connectivity index (χ0) is 20.1. The number of rotatable bonds is 7. The van der Waals surface area contributed by atoms with Gasteiger partial charge in [-0.25, -0.2) is 19.3 Å². The number of nitrogens with one attached hydrogen (secondary N) is 3. The van der Waals surface area contributed by atoms with Crippen LogP contribution in [0.15, 0.2) is 30.6 Å². The van der Waals surface area contributed by atoms with Gasteiger partial charge >= 0.3 is 0 Å². The van der Waals surface area contributed by atoms with Crippen LogP contribution in [-0.2, 0) is 6.42 Å². The monoisotopic (exact) mass is 387 g/mol. The molecular formula is C18H19F2N7O. The minimum absolute atomic E-state index is 0.0440. The lowest BCUT2D eigenvalue weighted by Crippen LogP contribution is -2.29. The molecule has 3 heterocycles. The number of hydrogen-bond donors (Lipinski definition) is 3. The van der Waals surface area contributed by atoms with Gasteiger partial charge in [-0.2, -0.15) is 9.49 Å². The van der Waals surface area contributed by atoms with E-state index in [-0.39, 0.29) is 17.3 Å². The van der Waals surface area contributed by atoms with Crippen molar-refractivity contribution in [3.63, 3.8) is 0 Å². The predicted octanol–water partition coefficient (Wildman–Crippen LogP) is 2.33. The third-order valence-corrected chi connectivity index (χ3v) is 4.01. The van der Waals surface area contributed by atoms with Crippen LogP contribution in [0.3, 0.4) is 0 Å². The summed E-state index contributed by atoms with van der Waals surface area (Å²) in [7, 11) is 0. The number of aryl methyl sites for hydroxylation is 1. The van der Waals surface area contributed by atoms with Crippen molar-refractivity contribution in [1.82, 2.24) is 30.5 Å². The second-order valence-corrected chi connectivity index (χ2v) is 6.16. The molecule has 10 heteroatoms. The first kappa shape index (κ1) is 19.3. The van der Waals surface area contributed by atoms with Gasteiger partial charge in [-0.1, -0.05) is 6.07 Å². The summed E-state index contributed by atoms with van der Waals surface area (Å²) < 4.78 is 27.5. The molecule has 0 aliphatic carbocycles. The van der Waals surface area contributed by atoms with Crippen molar-refractivity contribution in [1.29, 1.82) is 0 Å². The maximum Gasteiger partial charge on any atom is 0.289 e. The molecule has 8 nitrogen and oxygen atoms in total. The highest BCUT2D eigenvalue weighted by Crippen LogP contribution is 2.15. The molecule has 3 N–H and O–H groups in total. The van der Waals surface area contributed by atoms with Gasteiger partial charge in [-0.15, -0.1) is 0 Å². The second kappa shape index (κ2) is 8.51. The first-order valence-electron chi connectivity index (χ1n) is 8.63. The Labute approximate surface area is 159 Å². The number of halogens is 2. The van der Waals surface area contributed by atoms with Crippen LogP contribution in [0.4, 0.5) is 14.6 Å². The minimum Gasteiger partial charge on any atom is -0.367 e. The van der Waals surface area contributed by atoms with Crippen LogP contribution >= 0.6 is 0 Å². The Bertz CT molecular complexity index is 963. The Morgan fingerprint density at radius 2 is 2.07 bits per heavy atom. The molecule has 146 valence electrons. The van der Waals surface area contributed by atoms with Gasteiger partial charge in [0.05, 0.1) is 23.6 Å². The number of carbonyl (C=O) groups excluding carboxylic acids is 1. The molecule has 0 aliphatic heterocycles. The van der Waals surface area contributed by atoms with Crippen LogP contribution in [0.25, 0.3) is 0 Å². The molecule has 0 aromatic carbocycles. The Kier molecular flexibility index (Phi) is 5.87. The van der Waals surface area contributed by atoms with E-state index >= 15 is 0 Å². The van der Waals surface area contributed by atoms with Gasteiger partial charge in [0.15, 0.2) is 11.6 Å². The van der Waals surface area contributed by atoms with E-state index in [9.17, 15) is 13.6 Å². The number of H-pyrrole nitrogens is 1. The molecule has 0 spiro atoms. The quantitative estimate of drug-likeness (QED) is 0.537. The normalized spacial score (nSPS) is 11.9. The molecule has 28 heavy (non-hydrogen) atoms. The third-order valence-electron chi connectivity index (χ3n) is 4.01. The van der Waals surface area contributed by atoms with Gasteiger partial charge in [-0.05, 0) is 38.0 Å². The van der Waals surface area contributed by atoms with Gasteiger partial charge < -0.3 is 10.6 Å². The highest BCUT2D eigenvalue weighted by atomic mass is 19.1. The lowest BCUT2D eigenvalue weighted by Gasteiger charge is -2.14. The Hall–Kier alpha value is -3.43. The van der Waals surface area contributed by atoms with Crippen LogP contribution in [0, 0.1) is 18.7 Å². The molecule has 3 aromatic heterocycles. The summed E-state index contributed by atoms with van der Waals surface area (Å²) in [6.07, 6.45) is 4.01. The number of pyridine rings is 1. The van der Waals surface area contributed by atoms with Gasteiger partial charge in [0.1, 0.15) is 0 Å². The fraction of sp³-hybridized carbons (Fsp3) is 0.278. The summed E-state index contributed by atoms with van der Waals surface area (Å²) in [5.74, 6) is -2.12.